The first-order chi connectivity index (χ1) is 34.6. The number of benzene rings is 6. The Morgan fingerprint density at radius 2 is 0.507 bits per heavy atom. The van der Waals surface area contributed by atoms with E-state index >= 15 is 0 Å². The van der Waals surface area contributed by atoms with Gasteiger partial charge in [-0.15, -0.1) is 0 Å². The van der Waals surface area contributed by atoms with E-state index in [1.54, 1.807) is 109 Å². The van der Waals surface area contributed by atoms with Gasteiger partial charge >= 0.3 is 35.8 Å². The van der Waals surface area contributed by atoms with E-state index in [4.69, 9.17) is 42.6 Å². The molecule has 2 fully saturated rings. The molecule has 6 aromatic carbocycles. The second kappa shape index (κ2) is 23.5. The van der Waals surface area contributed by atoms with Crippen LogP contribution >= 0.6 is 0 Å². The van der Waals surface area contributed by atoms with Crippen molar-refractivity contribution in [2.45, 2.75) is 61.4 Å². The molecule has 2 N–H and O–H groups in total. The summed E-state index contributed by atoms with van der Waals surface area (Å²) in [5.74, 6) is -5.82. The topological polar surface area (TPSA) is 226 Å². The molecule has 17 heteroatoms. The molecule has 0 aliphatic carbocycles. The SMILES string of the molecule is O=C(O[C@@H]1[C@@H](OC(=O)c2ccccc2)[C@@H](O[C@H]2O[C@H](CO)[C@@H](OC(=O)c3ccccc3)[C@H](OC(=O)c3ccccc3)[C@H]2OC(=O)c2ccccc2)O[C@H](CO)[C@H]1OC(=O)c1ccccc1)c1ccccc1. The number of carbonyl (C=O) groups excluding carboxylic acids is 6. The lowest BCUT2D eigenvalue weighted by Crippen LogP contribution is -2.67. The summed E-state index contributed by atoms with van der Waals surface area (Å²) in [6.45, 7) is -1.84. The van der Waals surface area contributed by atoms with Crippen LogP contribution in [0, 0.1) is 0 Å². The van der Waals surface area contributed by atoms with E-state index in [1.165, 1.54) is 72.8 Å². The van der Waals surface area contributed by atoms with Crippen LogP contribution in [0.25, 0.3) is 0 Å². The maximum Gasteiger partial charge on any atom is 0.338 e. The lowest BCUT2D eigenvalue weighted by molar-refractivity contribution is -0.373. The summed E-state index contributed by atoms with van der Waals surface area (Å²) in [5.41, 5.74) is 0.239. The molecule has 0 unspecified atom stereocenters. The van der Waals surface area contributed by atoms with E-state index in [1.807, 2.05) is 0 Å². The van der Waals surface area contributed by atoms with Gasteiger partial charge in [0.25, 0.3) is 0 Å². The average Bonchev–Trinajstić information content (AvgIpc) is 3.42. The summed E-state index contributed by atoms with van der Waals surface area (Å²) in [7, 11) is 0. The molecule has 0 spiro atoms. The second-order valence-electron chi connectivity index (χ2n) is 16.0. The van der Waals surface area contributed by atoms with E-state index < -0.39 is 110 Å². The Bertz CT molecular complexity index is 2540. The third-order valence-corrected chi connectivity index (χ3v) is 11.3. The number of hydrogen-bond acceptors (Lipinski definition) is 17. The maximum absolute atomic E-state index is 14.1. The molecule has 0 bridgehead atoms. The minimum atomic E-state index is -2.00. The Morgan fingerprint density at radius 1 is 0.310 bits per heavy atom. The van der Waals surface area contributed by atoms with Crippen molar-refractivity contribution < 1.29 is 81.6 Å². The van der Waals surface area contributed by atoms with Crippen LogP contribution in [0.2, 0.25) is 0 Å². The molecule has 6 aromatic rings. The van der Waals surface area contributed by atoms with Gasteiger partial charge in [0.2, 0.25) is 12.6 Å². The number of aliphatic hydroxyl groups is 2. The number of rotatable bonds is 16. The van der Waals surface area contributed by atoms with Gasteiger partial charge in [0.05, 0.1) is 46.6 Å². The van der Waals surface area contributed by atoms with Crippen molar-refractivity contribution >= 4 is 35.8 Å². The van der Waals surface area contributed by atoms with Crippen LogP contribution in [0.3, 0.4) is 0 Å². The quantitative estimate of drug-likeness (QED) is 0.0864. The Morgan fingerprint density at radius 3 is 0.718 bits per heavy atom. The van der Waals surface area contributed by atoms with Gasteiger partial charge in [0.15, 0.2) is 36.6 Å². The van der Waals surface area contributed by atoms with Gasteiger partial charge in [0.1, 0.15) is 12.2 Å². The molecule has 8 rings (SSSR count). The molecule has 364 valence electrons. The highest BCUT2D eigenvalue weighted by atomic mass is 16.8. The fourth-order valence-corrected chi connectivity index (χ4v) is 7.80. The van der Waals surface area contributed by atoms with Crippen LogP contribution in [-0.4, -0.2) is 121 Å². The monoisotopic (exact) mass is 966 g/mol. The van der Waals surface area contributed by atoms with Crippen molar-refractivity contribution in [3.05, 3.63) is 215 Å². The van der Waals surface area contributed by atoms with Crippen molar-refractivity contribution in [3.63, 3.8) is 0 Å². The first kappa shape index (κ1) is 49.4. The summed E-state index contributed by atoms with van der Waals surface area (Å²) >= 11 is 0. The zero-order valence-corrected chi connectivity index (χ0v) is 37.5. The predicted octanol–water partition coefficient (Wildman–Crippen LogP) is 5.79. The number of carbonyl (C=O) groups is 6. The summed E-state index contributed by atoms with van der Waals surface area (Å²) < 4.78 is 55.4. The van der Waals surface area contributed by atoms with Crippen LogP contribution in [0.1, 0.15) is 62.1 Å². The molecule has 17 nitrogen and oxygen atoms in total. The zero-order valence-electron chi connectivity index (χ0n) is 37.5. The molecule has 0 saturated carbocycles. The number of esters is 6. The first-order valence-corrected chi connectivity index (χ1v) is 22.4. The van der Waals surface area contributed by atoms with Gasteiger partial charge in [-0.3, -0.25) is 0 Å². The van der Waals surface area contributed by atoms with Crippen molar-refractivity contribution in [2.75, 3.05) is 13.2 Å². The van der Waals surface area contributed by atoms with Crippen molar-refractivity contribution in [1.82, 2.24) is 0 Å². The Kier molecular flexibility index (Phi) is 16.3. The standard InChI is InChI=1S/C54H46O17/c55-31-39-41(65-47(57)33-19-7-1-8-20-33)43(67-49(59)35-23-11-3-12-24-35)45(69-51(61)37-27-15-5-16-28-37)53(63-39)71-54-46(70-52(62)38-29-17-6-18-30-38)44(68-50(60)36-25-13-4-14-26-36)42(40(32-56)64-54)66-48(58)34-21-9-2-10-22-34/h1-30,39-46,53-56H,31-32H2/t39-,40-,41-,42-,43+,44+,45-,46-,53-,54-/m1/s1. The molecule has 2 aliphatic heterocycles. The molecular weight excluding hydrogens is 921 g/mol. The van der Waals surface area contributed by atoms with Crippen molar-refractivity contribution in [3.8, 4) is 0 Å². The highest BCUT2D eigenvalue weighted by Gasteiger charge is 2.58. The van der Waals surface area contributed by atoms with Gasteiger partial charge in [-0.25, -0.2) is 28.8 Å². The predicted molar refractivity (Wildman–Crippen MR) is 246 cm³/mol. The molecule has 0 aromatic heterocycles. The lowest BCUT2D eigenvalue weighted by Gasteiger charge is -2.48. The molecular formula is C54H46O17. The third kappa shape index (κ3) is 12.0. The summed E-state index contributed by atoms with van der Waals surface area (Å²) in [6, 6.07) is 46.3. The highest BCUT2D eigenvalue weighted by Crippen LogP contribution is 2.36. The van der Waals surface area contributed by atoms with Crippen molar-refractivity contribution in [1.29, 1.82) is 0 Å². The highest BCUT2D eigenvalue weighted by molar-refractivity contribution is 5.92. The molecule has 2 saturated heterocycles. The molecule has 0 amide bonds. The smallest absolute Gasteiger partial charge is 0.338 e. The van der Waals surface area contributed by atoms with Crippen LogP contribution < -0.4 is 0 Å². The van der Waals surface area contributed by atoms with Crippen molar-refractivity contribution in [2.24, 2.45) is 0 Å². The molecule has 0 radical (unpaired) electrons. The zero-order chi connectivity index (χ0) is 49.7. The average molecular weight is 967 g/mol. The molecule has 2 heterocycles. The van der Waals surface area contributed by atoms with E-state index in [0.717, 1.165) is 0 Å². The molecule has 2 aliphatic rings. The van der Waals surface area contributed by atoms with Gasteiger partial charge in [-0.1, -0.05) is 109 Å². The van der Waals surface area contributed by atoms with Crippen LogP contribution in [-0.2, 0) is 42.6 Å². The summed E-state index contributed by atoms with van der Waals surface area (Å²) in [5, 5.41) is 21.9. The minimum Gasteiger partial charge on any atom is -0.452 e. The maximum atomic E-state index is 14.1. The lowest BCUT2D eigenvalue weighted by atomic mass is 9.96. The number of aliphatic hydroxyl groups excluding tert-OH is 2. The first-order valence-electron chi connectivity index (χ1n) is 22.4. The van der Waals surface area contributed by atoms with Gasteiger partial charge in [-0.2, -0.15) is 0 Å². The Hall–Kier alpha value is -8.06. The van der Waals surface area contributed by atoms with Gasteiger partial charge < -0.3 is 52.8 Å². The van der Waals surface area contributed by atoms with E-state index in [2.05, 4.69) is 0 Å². The normalized spacial score (nSPS) is 23.7. The van der Waals surface area contributed by atoms with Crippen LogP contribution in [0.5, 0.6) is 0 Å². The van der Waals surface area contributed by atoms with E-state index in [-0.39, 0.29) is 33.4 Å². The van der Waals surface area contributed by atoms with Gasteiger partial charge in [0, 0.05) is 0 Å². The fraction of sp³-hybridized carbons (Fsp3) is 0.222. The number of hydrogen-bond donors (Lipinski definition) is 2. The van der Waals surface area contributed by atoms with Crippen LogP contribution in [0.15, 0.2) is 182 Å². The Balaban J connectivity index is 1.23. The van der Waals surface area contributed by atoms with E-state index in [9.17, 15) is 39.0 Å². The summed E-state index contributed by atoms with van der Waals surface area (Å²) in [6.07, 6.45) is -18.2. The van der Waals surface area contributed by atoms with E-state index in [0.29, 0.717) is 0 Å². The fourth-order valence-electron chi connectivity index (χ4n) is 7.80. The third-order valence-electron chi connectivity index (χ3n) is 11.3. The molecule has 71 heavy (non-hydrogen) atoms. The number of ether oxygens (including phenoxy) is 9. The summed E-state index contributed by atoms with van der Waals surface area (Å²) in [4.78, 5) is 83.9. The largest absolute Gasteiger partial charge is 0.452 e. The minimum absolute atomic E-state index is 0.0152. The molecule has 10 atom stereocenters. The van der Waals surface area contributed by atoms with Gasteiger partial charge in [-0.05, 0) is 72.8 Å². The second-order valence-corrected chi connectivity index (χ2v) is 16.0. The van der Waals surface area contributed by atoms with Crippen LogP contribution in [0.4, 0.5) is 0 Å². The Labute approximate surface area is 406 Å².